The van der Waals surface area contributed by atoms with Crippen molar-refractivity contribution in [2.75, 3.05) is 45.7 Å². The van der Waals surface area contributed by atoms with E-state index in [9.17, 15) is 14.7 Å². The molecule has 136 valence electrons. The maximum absolute atomic E-state index is 12.1. The van der Waals surface area contributed by atoms with Gasteiger partial charge in [0.05, 0.1) is 12.4 Å². The average molecular weight is 347 g/mol. The molecule has 25 heavy (non-hydrogen) atoms. The molecule has 1 aromatic heterocycles. The van der Waals surface area contributed by atoms with Crippen molar-refractivity contribution >= 4 is 17.7 Å². The second-order valence-electron chi connectivity index (χ2n) is 7.42. The van der Waals surface area contributed by atoms with E-state index in [1.165, 1.54) is 11.1 Å². The maximum Gasteiger partial charge on any atom is 0.320 e. The van der Waals surface area contributed by atoms with Gasteiger partial charge >= 0.3 is 5.97 Å². The highest BCUT2D eigenvalue weighted by Crippen LogP contribution is 2.43. The molecule has 1 amide bonds. The van der Waals surface area contributed by atoms with Crippen LogP contribution in [0.25, 0.3) is 0 Å². The van der Waals surface area contributed by atoms with Crippen LogP contribution in [0.5, 0.6) is 0 Å². The molecule has 1 spiro atoms. The number of carboxylic acids is 1. The molecule has 1 N–H and O–H groups in total. The van der Waals surface area contributed by atoms with Crippen LogP contribution >= 0.6 is 0 Å². The lowest BCUT2D eigenvalue weighted by Crippen LogP contribution is -2.42. The lowest BCUT2D eigenvalue weighted by atomic mass is 9.76. The number of rotatable bonds is 3. The Balaban J connectivity index is 1.68. The van der Waals surface area contributed by atoms with Crippen LogP contribution in [0.1, 0.15) is 29.8 Å². The number of amides is 1. The standard InChI is InChI=1S/C17H25N5O3/c1-20(2)15(23)12-9-18-10-14(19-12)22-6-4-17(5-7-22)8-13(16(24)25)21(3)11-17/h9-10,13H,4-8,11H2,1-3H3,(H,24,25). The van der Waals surface area contributed by atoms with Crippen molar-refractivity contribution in [2.24, 2.45) is 5.41 Å². The van der Waals surface area contributed by atoms with Crippen LogP contribution in [0.4, 0.5) is 5.82 Å². The molecule has 0 radical (unpaired) electrons. The van der Waals surface area contributed by atoms with Crippen LogP contribution < -0.4 is 4.90 Å². The van der Waals surface area contributed by atoms with E-state index in [-0.39, 0.29) is 17.4 Å². The van der Waals surface area contributed by atoms with Crippen LogP contribution in [0.3, 0.4) is 0 Å². The highest BCUT2D eigenvalue weighted by atomic mass is 16.4. The number of aliphatic carboxylic acids is 1. The molecule has 1 unspecified atom stereocenters. The van der Waals surface area contributed by atoms with Crippen molar-refractivity contribution in [1.82, 2.24) is 19.8 Å². The van der Waals surface area contributed by atoms with Gasteiger partial charge in [0, 0.05) is 33.7 Å². The number of carboxylic acid groups (broad SMARTS) is 1. The Labute approximate surface area is 147 Å². The van der Waals surface area contributed by atoms with Crippen molar-refractivity contribution in [2.45, 2.75) is 25.3 Å². The number of likely N-dealkylation sites (N-methyl/N-ethyl adjacent to an activating group) is 1. The lowest BCUT2D eigenvalue weighted by molar-refractivity contribution is -0.141. The second kappa shape index (κ2) is 6.59. The summed E-state index contributed by atoms with van der Waals surface area (Å²) in [5.74, 6) is -0.184. The van der Waals surface area contributed by atoms with Crippen LogP contribution in [0.15, 0.2) is 12.4 Å². The molecule has 8 nitrogen and oxygen atoms in total. The van der Waals surface area contributed by atoms with Gasteiger partial charge < -0.3 is 14.9 Å². The number of likely N-dealkylation sites (tertiary alicyclic amines) is 1. The van der Waals surface area contributed by atoms with E-state index >= 15 is 0 Å². The Kier molecular flexibility index (Phi) is 4.64. The molecule has 0 aliphatic carbocycles. The number of nitrogens with zero attached hydrogens (tertiary/aromatic N) is 5. The summed E-state index contributed by atoms with van der Waals surface area (Å²) in [5.41, 5.74) is 0.410. The van der Waals surface area contributed by atoms with Crippen molar-refractivity contribution in [1.29, 1.82) is 0 Å². The average Bonchev–Trinajstić information content (AvgIpc) is 2.91. The smallest absolute Gasteiger partial charge is 0.320 e. The van der Waals surface area contributed by atoms with Gasteiger partial charge in [0.25, 0.3) is 5.91 Å². The van der Waals surface area contributed by atoms with Gasteiger partial charge in [-0.25, -0.2) is 4.98 Å². The largest absolute Gasteiger partial charge is 0.480 e. The number of carbonyl (C=O) groups is 2. The zero-order chi connectivity index (χ0) is 18.2. The van der Waals surface area contributed by atoms with Crippen LogP contribution in [-0.4, -0.2) is 83.6 Å². The fourth-order valence-corrected chi connectivity index (χ4v) is 3.96. The first-order valence-electron chi connectivity index (χ1n) is 8.53. The number of hydrogen-bond acceptors (Lipinski definition) is 6. The summed E-state index contributed by atoms with van der Waals surface area (Å²) < 4.78 is 0. The van der Waals surface area contributed by atoms with Crippen molar-refractivity contribution in [3.05, 3.63) is 18.1 Å². The van der Waals surface area contributed by atoms with E-state index in [1.54, 1.807) is 20.3 Å². The molecule has 3 rings (SSSR count). The van der Waals surface area contributed by atoms with Crippen LogP contribution in [0, 0.1) is 5.41 Å². The van der Waals surface area contributed by atoms with E-state index in [0.29, 0.717) is 17.9 Å². The Hall–Kier alpha value is -2.22. The summed E-state index contributed by atoms with van der Waals surface area (Å²) in [6.45, 7) is 2.42. The summed E-state index contributed by atoms with van der Waals surface area (Å²) in [6, 6.07) is -0.382. The molecule has 0 saturated carbocycles. The molecular formula is C17H25N5O3. The molecule has 2 aliphatic rings. The molecule has 2 aliphatic heterocycles. The Bertz CT molecular complexity index is 670. The summed E-state index contributed by atoms with van der Waals surface area (Å²) in [6.07, 6.45) is 5.73. The fraction of sp³-hybridized carbons (Fsp3) is 0.647. The van der Waals surface area contributed by atoms with Gasteiger partial charge in [0.2, 0.25) is 0 Å². The monoisotopic (exact) mass is 347 g/mol. The minimum atomic E-state index is -0.734. The number of hydrogen-bond donors (Lipinski definition) is 1. The lowest BCUT2D eigenvalue weighted by Gasteiger charge is -2.39. The fourth-order valence-electron chi connectivity index (χ4n) is 3.96. The Morgan fingerprint density at radius 3 is 2.52 bits per heavy atom. The minimum absolute atomic E-state index is 0.0683. The molecule has 3 heterocycles. The molecule has 0 aromatic carbocycles. The van der Waals surface area contributed by atoms with Crippen molar-refractivity contribution in [3.63, 3.8) is 0 Å². The second-order valence-corrected chi connectivity index (χ2v) is 7.42. The number of carbonyl (C=O) groups excluding carboxylic acids is 1. The van der Waals surface area contributed by atoms with Gasteiger partial charge in [-0.05, 0) is 31.7 Å². The number of aromatic nitrogens is 2. The first-order valence-corrected chi connectivity index (χ1v) is 8.53. The number of piperidine rings is 1. The highest BCUT2D eigenvalue weighted by Gasteiger charge is 2.46. The SMILES string of the molecule is CN(C)C(=O)c1cncc(N2CCC3(CC2)CC(C(=O)O)N(C)C3)n1. The summed E-state index contributed by atoms with van der Waals surface area (Å²) in [7, 11) is 5.27. The molecule has 1 aromatic rings. The predicted octanol–water partition coefficient (Wildman–Crippen LogP) is 0.554. The third-order valence-electron chi connectivity index (χ3n) is 5.42. The maximum atomic E-state index is 12.1. The molecule has 1 atom stereocenters. The van der Waals surface area contributed by atoms with E-state index in [4.69, 9.17) is 0 Å². The van der Waals surface area contributed by atoms with E-state index in [1.807, 2.05) is 11.9 Å². The summed E-state index contributed by atoms with van der Waals surface area (Å²) >= 11 is 0. The van der Waals surface area contributed by atoms with Crippen molar-refractivity contribution < 1.29 is 14.7 Å². The third-order valence-corrected chi connectivity index (χ3v) is 5.42. The predicted molar refractivity (Wildman–Crippen MR) is 92.6 cm³/mol. The molecule has 2 saturated heterocycles. The zero-order valence-corrected chi connectivity index (χ0v) is 15.0. The van der Waals surface area contributed by atoms with Crippen LogP contribution in [0.2, 0.25) is 0 Å². The molecule has 0 bridgehead atoms. The first-order chi connectivity index (χ1) is 11.8. The van der Waals surface area contributed by atoms with Gasteiger partial charge in [-0.15, -0.1) is 0 Å². The minimum Gasteiger partial charge on any atom is -0.480 e. The Morgan fingerprint density at radius 2 is 1.96 bits per heavy atom. The number of anilines is 1. The van der Waals surface area contributed by atoms with Gasteiger partial charge in [0.15, 0.2) is 0 Å². The van der Waals surface area contributed by atoms with Gasteiger partial charge in [-0.2, -0.15) is 0 Å². The highest BCUT2D eigenvalue weighted by molar-refractivity contribution is 5.91. The van der Waals surface area contributed by atoms with Gasteiger partial charge in [-0.3, -0.25) is 19.5 Å². The van der Waals surface area contributed by atoms with Gasteiger partial charge in [0.1, 0.15) is 17.6 Å². The quantitative estimate of drug-likeness (QED) is 0.854. The normalized spacial score (nSPS) is 23.0. The molecular weight excluding hydrogens is 322 g/mol. The zero-order valence-electron chi connectivity index (χ0n) is 15.0. The Morgan fingerprint density at radius 1 is 1.28 bits per heavy atom. The summed E-state index contributed by atoms with van der Waals surface area (Å²) in [5, 5.41) is 9.35. The topological polar surface area (TPSA) is 89.9 Å². The van der Waals surface area contributed by atoms with E-state index < -0.39 is 5.97 Å². The van der Waals surface area contributed by atoms with Gasteiger partial charge in [-0.1, -0.05) is 0 Å². The first kappa shape index (κ1) is 17.6. The van der Waals surface area contributed by atoms with Crippen molar-refractivity contribution in [3.8, 4) is 0 Å². The van der Waals surface area contributed by atoms with Crippen LogP contribution in [-0.2, 0) is 4.79 Å². The molecule has 2 fully saturated rings. The van der Waals surface area contributed by atoms with E-state index in [0.717, 1.165) is 32.5 Å². The summed E-state index contributed by atoms with van der Waals surface area (Å²) in [4.78, 5) is 37.6. The molecule has 8 heteroatoms. The third kappa shape index (κ3) is 3.44. The van der Waals surface area contributed by atoms with E-state index in [2.05, 4.69) is 14.9 Å².